The topological polar surface area (TPSA) is 66.0 Å². The molecule has 0 spiro atoms. The molecule has 31 heavy (non-hydrogen) atoms. The van der Waals surface area contributed by atoms with Gasteiger partial charge in [0.25, 0.3) is 5.91 Å². The van der Waals surface area contributed by atoms with Crippen LogP contribution in [0.2, 0.25) is 0 Å². The Labute approximate surface area is 181 Å². The highest BCUT2D eigenvalue weighted by molar-refractivity contribution is 5.96. The molecule has 0 radical (unpaired) electrons. The Morgan fingerprint density at radius 1 is 1.23 bits per heavy atom. The summed E-state index contributed by atoms with van der Waals surface area (Å²) in [5, 5.41) is 0. The number of benzene rings is 1. The van der Waals surface area contributed by atoms with E-state index in [0.29, 0.717) is 31.9 Å². The first kappa shape index (κ1) is 21.1. The van der Waals surface area contributed by atoms with Crippen LogP contribution in [0, 0.1) is 12.7 Å². The van der Waals surface area contributed by atoms with Gasteiger partial charge in [0.05, 0.1) is 17.3 Å². The number of piperazine rings is 1. The van der Waals surface area contributed by atoms with Crippen molar-refractivity contribution in [3.8, 4) is 0 Å². The van der Waals surface area contributed by atoms with E-state index in [1.165, 1.54) is 22.6 Å². The zero-order valence-electron chi connectivity index (χ0n) is 18.1. The minimum absolute atomic E-state index is 0.0140. The number of hydrogen-bond acceptors (Lipinski definition) is 5. The summed E-state index contributed by atoms with van der Waals surface area (Å²) < 4.78 is 19.8. The average Bonchev–Trinajstić information content (AvgIpc) is 3.11. The number of rotatable bonds is 4. The van der Waals surface area contributed by atoms with Gasteiger partial charge in [0.15, 0.2) is 0 Å². The van der Waals surface area contributed by atoms with E-state index in [1.54, 1.807) is 11.0 Å². The predicted octanol–water partition coefficient (Wildman–Crippen LogP) is 3.40. The molecular weight excluding hydrogens is 399 g/mol. The molecule has 164 valence electrons. The first-order valence-electron chi connectivity index (χ1n) is 10.6. The van der Waals surface area contributed by atoms with E-state index in [-0.39, 0.29) is 24.1 Å². The van der Waals surface area contributed by atoms with E-state index >= 15 is 0 Å². The smallest absolute Gasteiger partial charge is 0.414 e. The largest absolute Gasteiger partial charge is 0.447 e. The van der Waals surface area contributed by atoms with Gasteiger partial charge < -0.3 is 14.5 Å². The third kappa shape index (κ3) is 4.06. The van der Waals surface area contributed by atoms with E-state index in [1.807, 2.05) is 20.0 Å². The van der Waals surface area contributed by atoms with Crippen molar-refractivity contribution < 1.29 is 18.7 Å². The van der Waals surface area contributed by atoms with Crippen molar-refractivity contribution >= 4 is 23.5 Å². The summed E-state index contributed by atoms with van der Waals surface area (Å²) in [7, 11) is 0. The number of cyclic esters (lactones) is 1. The lowest BCUT2D eigenvalue weighted by Crippen LogP contribution is -2.49. The quantitative estimate of drug-likeness (QED) is 0.750. The van der Waals surface area contributed by atoms with Crippen LogP contribution >= 0.6 is 0 Å². The molecule has 0 N–H and O–H groups in total. The van der Waals surface area contributed by atoms with E-state index in [4.69, 9.17) is 4.74 Å². The lowest BCUT2D eigenvalue weighted by molar-refractivity contribution is 0.0742. The summed E-state index contributed by atoms with van der Waals surface area (Å²) in [6, 6.07) is 6.25. The number of carbonyl (C=O) groups is 2. The predicted molar refractivity (Wildman–Crippen MR) is 116 cm³/mol. The number of ether oxygens (including phenoxy) is 1. The zero-order chi connectivity index (χ0) is 22.1. The summed E-state index contributed by atoms with van der Waals surface area (Å²) in [5.74, 6) is -0.0130. The maximum Gasteiger partial charge on any atom is 0.414 e. The van der Waals surface area contributed by atoms with Crippen LogP contribution in [0.5, 0.6) is 0 Å². The van der Waals surface area contributed by atoms with Gasteiger partial charge in [-0.1, -0.05) is 13.0 Å². The fourth-order valence-corrected chi connectivity index (χ4v) is 4.16. The van der Waals surface area contributed by atoms with Gasteiger partial charge >= 0.3 is 6.09 Å². The Hall–Kier alpha value is -3.16. The van der Waals surface area contributed by atoms with Crippen LogP contribution in [0.1, 0.15) is 35.3 Å². The molecule has 3 heterocycles. The van der Waals surface area contributed by atoms with Crippen molar-refractivity contribution in [3.63, 3.8) is 0 Å². The molecule has 1 atom stereocenters. The second kappa shape index (κ2) is 8.53. The summed E-state index contributed by atoms with van der Waals surface area (Å²) in [6.45, 7) is 8.50. The minimum atomic E-state index is -0.634. The van der Waals surface area contributed by atoms with Crippen LogP contribution in [-0.2, 0) is 11.2 Å². The number of halogens is 1. The number of amides is 2. The van der Waals surface area contributed by atoms with Crippen LogP contribution < -0.4 is 9.80 Å². The molecule has 2 amide bonds. The summed E-state index contributed by atoms with van der Waals surface area (Å²) in [4.78, 5) is 34.7. The zero-order valence-corrected chi connectivity index (χ0v) is 18.1. The Kier molecular flexibility index (Phi) is 5.80. The van der Waals surface area contributed by atoms with Gasteiger partial charge in [-0.3, -0.25) is 9.69 Å². The van der Waals surface area contributed by atoms with Crippen molar-refractivity contribution in [3.05, 3.63) is 53.0 Å². The highest BCUT2D eigenvalue weighted by atomic mass is 19.1. The molecular formula is C23H27FN4O3. The number of nitrogens with zero attached hydrogens (tertiary/aromatic N) is 4. The Morgan fingerprint density at radius 3 is 2.58 bits per heavy atom. The molecule has 0 bridgehead atoms. The number of carbonyl (C=O) groups excluding carboxylic acids is 2. The van der Waals surface area contributed by atoms with Crippen LogP contribution in [0.3, 0.4) is 0 Å². The van der Waals surface area contributed by atoms with Crippen LogP contribution in [0.15, 0.2) is 30.5 Å². The monoisotopic (exact) mass is 426 g/mol. The molecule has 0 saturated carbocycles. The van der Waals surface area contributed by atoms with Gasteiger partial charge in [-0.25, -0.2) is 14.2 Å². The van der Waals surface area contributed by atoms with Gasteiger partial charge in [-0.05, 0) is 49.6 Å². The molecule has 7 nitrogen and oxygen atoms in total. The van der Waals surface area contributed by atoms with E-state index < -0.39 is 11.9 Å². The first-order valence-corrected chi connectivity index (χ1v) is 10.6. The third-order valence-corrected chi connectivity index (χ3v) is 5.87. The summed E-state index contributed by atoms with van der Waals surface area (Å²) >= 11 is 0. The lowest BCUT2D eigenvalue weighted by atomic mass is 10.1. The molecule has 8 heteroatoms. The number of pyridine rings is 1. The molecule has 4 rings (SSSR count). The molecule has 0 aliphatic carbocycles. The van der Waals surface area contributed by atoms with E-state index in [2.05, 4.69) is 22.9 Å². The Bertz CT molecular complexity index is 1000. The van der Waals surface area contributed by atoms with Crippen molar-refractivity contribution in [1.29, 1.82) is 0 Å². The highest BCUT2D eigenvalue weighted by Gasteiger charge is 2.32. The third-order valence-electron chi connectivity index (χ3n) is 5.87. The van der Waals surface area contributed by atoms with Crippen molar-refractivity contribution in [1.82, 2.24) is 9.88 Å². The molecule has 1 aromatic heterocycles. The van der Waals surface area contributed by atoms with E-state index in [0.717, 1.165) is 17.8 Å². The van der Waals surface area contributed by atoms with Crippen LogP contribution in [-0.4, -0.2) is 60.7 Å². The molecule has 2 aromatic rings. The molecule has 2 aliphatic heterocycles. The second-order valence-corrected chi connectivity index (χ2v) is 8.09. The van der Waals surface area contributed by atoms with Gasteiger partial charge in [0, 0.05) is 32.4 Å². The maximum absolute atomic E-state index is 14.8. The van der Waals surface area contributed by atoms with Crippen molar-refractivity contribution in [2.45, 2.75) is 33.2 Å². The average molecular weight is 426 g/mol. The molecule has 0 unspecified atom stereocenters. The van der Waals surface area contributed by atoms with Gasteiger partial charge in [0.2, 0.25) is 0 Å². The van der Waals surface area contributed by atoms with Crippen molar-refractivity contribution in [2.24, 2.45) is 0 Å². The Balaban J connectivity index is 1.45. The summed E-state index contributed by atoms with van der Waals surface area (Å²) in [5.41, 5.74) is 2.73. The van der Waals surface area contributed by atoms with Crippen LogP contribution in [0.25, 0.3) is 0 Å². The fraction of sp³-hybridized carbons (Fsp3) is 0.435. The normalized spacial score (nSPS) is 19.0. The van der Waals surface area contributed by atoms with Crippen molar-refractivity contribution in [2.75, 3.05) is 42.6 Å². The number of aromatic nitrogens is 1. The van der Waals surface area contributed by atoms with Gasteiger partial charge in [0.1, 0.15) is 18.2 Å². The van der Waals surface area contributed by atoms with Crippen LogP contribution in [0.4, 0.5) is 20.7 Å². The lowest BCUT2D eigenvalue weighted by Gasteiger charge is -2.36. The van der Waals surface area contributed by atoms with Gasteiger partial charge in [-0.15, -0.1) is 0 Å². The minimum Gasteiger partial charge on any atom is -0.447 e. The highest BCUT2D eigenvalue weighted by Crippen LogP contribution is 2.26. The van der Waals surface area contributed by atoms with E-state index in [9.17, 15) is 14.0 Å². The fourth-order valence-electron chi connectivity index (χ4n) is 4.16. The molecule has 1 aromatic carbocycles. The maximum atomic E-state index is 14.8. The second-order valence-electron chi connectivity index (χ2n) is 8.09. The SMILES string of the molecule is CCc1cc(C)cnc1N1CCN(C(=O)c2ccc(N3C(=O)OC[C@H]3C)cc2F)CC1. The molecule has 2 aliphatic rings. The number of anilines is 2. The number of hydrogen-bond donors (Lipinski definition) is 0. The Morgan fingerprint density at radius 2 is 1.97 bits per heavy atom. The standard InChI is InChI=1S/C23H27FN4O3/c1-4-17-11-15(2)13-25-21(17)26-7-9-27(10-8-26)22(29)19-6-5-18(12-20(19)24)28-16(3)14-31-23(28)30/h5-6,11-13,16H,4,7-10,14H2,1-3H3/t16-/m1/s1. The molecule has 2 saturated heterocycles. The van der Waals surface area contributed by atoms with Gasteiger partial charge in [-0.2, -0.15) is 0 Å². The number of aryl methyl sites for hydroxylation is 2. The molecule has 2 fully saturated rings. The first-order chi connectivity index (χ1) is 14.9. The summed E-state index contributed by atoms with van der Waals surface area (Å²) in [6.07, 6.45) is 2.25.